The fourth-order valence-electron chi connectivity index (χ4n) is 2.68. The van der Waals surface area contributed by atoms with Crippen LogP contribution in [0.3, 0.4) is 0 Å². The van der Waals surface area contributed by atoms with E-state index in [1.165, 1.54) is 5.56 Å². The van der Waals surface area contributed by atoms with E-state index in [0.29, 0.717) is 0 Å². The zero-order valence-corrected chi connectivity index (χ0v) is 16.3. The second kappa shape index (κ2) is 10.6. The molecule has 2 aromatic rings. The van der Waals surface area contributed by atoms with Gasteiger partial charge in [-0.1, -0.05) is 29.8 Å². The summed E-state index contributed by atoms with van der Waals surface area (Å²) >= 11 is 0. The van der Waals surface area contributed by atoms with Gasteiger partial charge in [-0.15, -0.1) is 35.0 Å². The molecule has 138 valence electrons. The number of nitrogens with zero attached hydrogens (tertiary/aromatic N) is 3. The van der Waals surface area contributed by atoms with Crippen LogP contribution in [0.15, 0.2) is 30.3 Å². The zero-order chi connectivity index (χ0) is 16.1. The number of aromatic nitrogens is 2. The van der Waals surface area contributed by atoms with Crippen molar-refractivity contribution >= 4 is 30.6 Å². The molecule has 1 aromatic heterocycles. The summed E-state index contributed by atoms with van der Waals surface area (Å²) in [5, 5.41) is 12.1. The molecule has 0 unspecified atom stereocenters. The molecule has 0 aliphatic carbocycles. The summed E-state index contributed by atoms with van der Waals surface area (Å²) in [5.74, 6) is 0.870. The number of hydrogen-bond acceptors (Lipinski definition) is 5. The smallest absolute Gasteiger partial charge is 0.151 e. The van der Waals surface area contributed by atoms with E-state index < -0.39 is 0 Å². The van der Waals surface area contributed by atoms with Gasteiger partial charge in [-0.2, -0.15) is 0 Å². The van der Waals surface area contributed by atoms with E-state index in [-0.39, 0.29) is 24.8 Å². The van der Waals surface area contributed by atoms with E-state index in [1.54, 1.807) is 0 Å². The van der Waals surface area contributed by atoms with Gasteiger partial charge in [0.1, 0.15) is 0 Å². The maximum Gasteiger partial charge on any atom is 0.151 e. The number of anilines is 1. The van der Waals surface area contributed by atoms with Crippen molar-refractivity contribution in [1.29, 1.82) is 0 Å². The number of rotatable bonds is 5. The highest BCUT2D eigenvalue weighted by Crippen LogP contribution is 2.20. The van der Waals surface area contributed by atoms with Crippen molar-refractivity contribution in [1.82, 2.24) is 15.1 Å². The van der Waals surface area contributed by atoms with Gasteiger partial charge in [-0.05, 0) is 25.5 Å². The minimum atomic E-state index is 0. The van der Waals surface area contributed by atoms with Crippen molar-refractivity contribution in [2.75, 3.05) is 44.7 Å². The molecule has 0 saturated carbocycles. The molecule has 3 rings (SSSR count). The predicted octanol–water partition coefficient (Wildman–Crippen LogP) is 3.35. The molecule has 7 heteroatoms. The van der Waals surface area contributed by atoms with Crippen LogP contribution in [0.2, 0.25) is 0 Å². The van der Waals surface area contributed by atoms with Crippen LogP contribution in [-0.4, -0.2) is 54.5 Å². The summed E-state index contributed by atoms with van der Waals surface area (Å²) in [7, 11) is 0. The third kappa shape index (κ3) is 6.12. The lowest BCUT2D eigenvalue weighted by Gasteiger charge is -2.26. The molecular weight excluding hydrogens is 359 g/mol. The Morgan fingerprint density at radius 2 is 1.72 bits per heavy atom. The summed E-state index contributed by atoms with van der Waals surface area (Å²) in [6, 6.07) is 10.5. The highest BCUT2D eigenvalue weighted by molar-refractivity contribution is 5.85. The van der Waals surface area contributed by atoms with E-state index in [9.17, 15) is 0 Å². The first-order valence-electron chi connectivity index (χ1n) is 8.18. The summed E-state index contributed by atoms with van der Waals surface area (Å²) in [4.78, 5) is 2.40. The van der Waals surface area contributed by atoms with Gasteiger partial charge in [0.15, 0.2) is 5.82 Å². The Labute approximate surface area is 162 Å². The maximum atomic E-state index is 5.36. The van der Waals surface area contributed by atoms with Gasteiger partial charge in [0.25, 0.3) is 0 Å². The molecule has 1 N–H and O–H groups in total. The monoisotopic (exact) mass is 384 g/mol. The average Bonchev–Trinajstić information content (AvgIpc) is 2.58. The van der Waals surface area contributed by atoms with Crippen molar-refractivity contribution in [3.63, 3.8) is 0 Å². The van der Waals surface area contributed by atoms with Crippen molar-refractivity contribution in [2.24, 2.45) is 0 Å². The van der Waals surface area contributed by atoms with Gasteiger partial charge >= 0.3 is 0 Å². The van der Waals surface area contributed by atoms with Crippen molar-refractivity contribution in [2.45, 2.75) is 13.8 Å². The van der Waals surface area contributed by atoms with Crippen LogP contribution in [0.4, 0.5) is 5.82 Å². The van der Waals surface area contributed by atoms with Gasteiger partial charge in [-0.25, -0.2) is 0 Å². The standard InChI is InChI=1S/C18H24N4O.2ClH/c1-14-3-5-16(6-4-14)17-13-15(2)18(21-20-17)19-7-8-22-9-11-23-12-10-22;;/h3-6,13H,7-12H2,1-2H3,(H,19,21);2*1H. The Bertz CT molecular complexity index is 646. The van der Waals surface area contributed by atoms with E-state index in [0.717, 1.165) is 62.0 Å². The molecule has 0 spiro atoms. The van der Waals surface area contributed by atoms with Gasteiger partial charge in [0, 0.05) is 31.7 Å². The summed E-state index contributed by atoms with van der Waals surface area (Å²) in [6.45, 7) is 9.74. The van der Waals surface area contributed by atoms with Crippen LogP contribution in [0.5, 0.6) is 0 Å². The molecule has 5 nitrogen and oxygen atoms in total. The van der Waals surface area contributed by atoms with E-state index in [1.807, 2.05) is 0 Å². The van der Waals surface area contributed by atoms with Gasteiger partial charge in [0.05, 0.1) is 18.9 Å². The van der Waals surface area contributed by atoms with Crippen molar-refractivity contribution in [3.05, 3.63) is 41.5 Å². The maximum absolute atomic E-state index is 5.36. The summed E-state index contributed by atoms with van der Waals surface area (Å²) in [5.41, 5.74) is 4.39. The predicted molar refractivity (Wildman–Crippen MR) is 107 cm³/mol. The Hall–Kier alpha value is -1.40. The molecule has 0 bridgehead atoms. The Balaban J connectivity index is 0.00000156. The molecule has 0 radical (unpaired) electrons. The first-order chi connectivity index (χ1) is 11.2. The number of aryl methyl sites for hydroxylation is 2. The Morgan fingerprint density at radius 3 is 2.36 bits per heavy atom. The topological polar surface area (TPSA) is 50.3 Å². The first kappa shape index (κ1) is 21.6. The quantitative estimate of drug-likeness (QED) is 0.856. The van der Waals surface area contributed by atoms with Crippen molar-refractivity contribution < 1.29 is 4.74 Å². The largest absolute Gasteiger partial charge is 0.379 e. The normalized spacial score (nSPS) is 14.3. The fraction of sp³-hybridized carbons (Fsp3) is 0.444. The van der Waals surface area contributed by atoms with Crippen LogP contribution in [0.25, 0.3) is 11.3 Å². The molecule has 1 fully saturated rings. The third-order valence-electron chi connectivity index (χ3n) is 4.16. The number of ether oxygens (including phenoxy) is 1. The van der Waals surface area contributed by atoms with Gasteiger partial charge in [0.2, 0.25) is 0 Å². The molecular formula is C18H26Cl2N4O. The lowest BCUT2D eigenvalue weighted by Crippen LogP contribution is -2.39. The number of halogens is 2. The van der Waals surface area contributed by atoms with Crippen LogP contribution >= 0.6 is 24.8 Å². The SMILES string of the molecule is Cc1ccc(-c2cc(C)c(NCCN3CCOCC3)nn2)cc1.Cl.Cl. The van der Waals surface area contributed by atoms with Crippen LogP contribution < -0.4 is 5.32 Å². The van der Waals surface area contributed by atoms with Crippen LogP contribution in [0.1, 0.15) is 11.1 Å². The minimum absolute atomic E-state index is 0. The second-order valence-corrected chi connectivity index (χ2v) is 6.01. The molecule has 25 heavy (non-hydrogen) atoms. The number of nitrogens with one attached hydrogen (secondary N) is 1. The molecule has 1 aliphatic heterocycles. The average molecular weight is 385 g/mol. The molecule has 2 heterocycles. The Morgan fingerprint density at radius 1 is 1.04 bits per heavy atom. The molecule has 1 aliphatic rings. The number of morpholine rings is 1. The Kier molecular flexibility index (Phi) is 9.14. The van der Waals surface area contributed by atoms with Gasteiger partial charge in [-0.3, -0.25) is 4.90 Å². The molecule has 0 amide bonds. The zero-order valence-electron chi connectivity index (χ0n) is 14.7. The second-order valence-electron chi connectivity index (χ2n) is 6.01. The number of hydrogen-bond donors (Lipinski definition) is 1. The molecule has 1 aromatic carbocycles. The van der Waals surface area contributed by atoms with E-state index in [4.69, 9.17) is 4.74 Å². The first-order valence-corrected chi connectivity index (χ1v) is 8.18. The summed E-state index contributed by atoms with van der Waals surface area (Å²) in [6.07, 6.45) is 0. The lowest BCUT2D eigenvalue weighted by molar-refractivity contribution is 0.0398. The van der Waals surface area contributed by atoms with Crippen LogP contribution in [-0.2, 0) is 4.74 Å². The lowest BCUT2D eigenvalue weighted by atomic mass is 10.1. The van der Waals surface area contributed by atoms with E-state index in [2.05, 4.69) is 64.6 Å². The highest BCUT2D eigenvalue weighted by atomic mass is 35.5. The fourth-order valence-corrected chi connectivity index (χ4v) is 2.68. The van der Waals surface area contributed by atoms with Crippen LogP contribution in [0, 0.1) is 13.8 Å². The summed E-state index contributed by atoms with van der Waals surface area (Å²) < 4.78 is 5.36. The molecule has 0 atom stereocenters. The van der Waals surface area contributed by atoms with Gasteiger partial charge < -0.3 is 10.1 Å². The number of benzene rings is 1. The van der Waals surface area contributed by atoms with Crippen molar-refractivity contribution in [3.8, 4) is 11.3 Å². The van der Waals surface area contributed by atoms with E-state index >= 15 is 0 Å². The highest BCUT2D eigenvalue weighted by Gasteiger charge is 2.10. The third-order valence-corrected chi connectivity index (χ3v) is 4.16. The molecule has 1 saturated heterocycles. The minimum Gasteiger partial charge on any atom is -0.379 e.